The van der Waals surface area contributed by atoms with Gasteiger partial charge in [0.1, 0.15) is 0 Å². The van der Waals surface area contributed by atoms with Crippen LogP contribution >= 0.6 is 11.8 Å². The molecule has 0 aliphatic rings. The van der Waals surface area contributed by atoms with Crippen LogP contribution in [0, 0.1) is 12.3 Å². The van der Waals surface area contributed by atoms with Crippen molar-refractivity contribution in [2.75, 3.05) is 5.75 Å². The Morgan fingerprint density at radius 2 is 1.81 bits per heavy atom. The number of terminal acetylenes is 1. The first-order valence-corrected chi connectivity index (χ1v) is 6.25. The highest BCUT2D eigenvalue weighted by Crippen LogP contribution is 2.31. The van der Waals surface area contributed by atoms with E-state index in [2.05, 4.69) is 26.7 Å². The maximum absolute atomic E-state index is 10.4. The van der Waals surface area contributed by atoms with Gasteiger partial charge in [-0.2, -0.15) is 11.8 Å². The van der Waals surface area contributed by atoms with Crippen molar-refractivity contribution >= 4 is 11.8 Å². The molecule has 1 N–H and O–H groups in total. The highest BCUT2D eigenvalue weighted by Gasteiger charge is 2.28. The molecule has 1 rings (SSSR count). The second kappa shape index (κ2) is 4.95. The molecule has 0 aromatic heterocycles. The molecular weight excluding hydrogens is 216 g/mol. The van der Waals surface area contributed by atoms with E-state index in [4.69, 9.17) is 6.42 Å². The summed E-state index contributed by atoms with van der Waals surface area (Å²) in [7, 11) is 0. The number of rotatable bonds is 3. The first-order valence-electron chi connectivity index (χ1n) is 5.27. The molecule has 0 saturated carbocycles. The van der Waals surface area contributed by atoms with E-state index < -0.39 is 5.60 Å². The molecule has 0 heterocycles. The van der Waals surface area contributed by atoms with Crippen LogP contribution in [0.25, 0.3) is 0 Å². The molecule has 1 aromatic carbocycles. The molecule has 16 heavy (non-hydrogen) atoms. The fourth-order valence-electron chi connectivity index (χ4n) is 1.24. The van der Waals surface area contributed by atoms with Crippen molar-refractivity contribution < 1.29 is 5.11 Å². The molecule has 0 saturated heterocycles. The normalized spacial score (nSPS) is 15.2. The predicted molar refractivity (Wildman–Crippen MR) is 71.4 cm³/mol. The molecule has 86 valence electrons. The van der Waals surface area contributed by atoms with Crippen molar-refractivity contribution in [3.63, 3.8) is 0 Å². The zero-order valence-electron chi connectivity index (χ0n) is 10.0. The largest absolute Gasteiger partial charge is 0.372 e. The lowest BCUT2D eigenvalue weighted by molar-refractivity contribution is 0.127. The van der Waals surface area contributed by atoms with Crippen LogP contribution in [0.1, 0.15) is 26.3 Å². The van der Waals surface area contributed by atoms with Crippen molar-refractivity contribution in [1.82, 2.24) is 0 Å². The first-order chi connectivity index (χ1) is 7.37. The van der Waals surface area contributed by atoms with Crippen molar-refractivity contribution in [1.29, 1.82) is 0 Å². The molecule has 2 heteroatoms. The molecule has 1 nitrogen and oxygen atoms in total. The highest BCUT2D eigenvalue weighted by atomic mass is 32.2. The van der Waals surface area contributed by atoms with Crippen molar-refractivity contribution in [3.05, 3.63) is 35.9 Å². The van der Waals surface area contributed by atoms with Crippen LogP contribution in [0.4, 0.5) is 0 Å². The van der Waals surface area contributed by atoms with Crippen LogP contribution in [-0.2, 0) is 5.60 Å². The zero-order chi connectivity index (χ0) is 12.2. The van der Waals surface area contributed by atoms with E-state index >= 15 is 0 Å². The average Bonchev–Trinajstić information content (AvgIpc) is 2.26. The third-order valence-corrected chi connectivity index (χ3v) is 3.63. The van der Waals surface area contributed by atoms with Crippen LogP contribution in [0.2, 0.25) is 0 Å². The number of thioether (sulfide) groups is 1. The molecule has 1 unspecified atom stereocenters. The van der Waals surface area contributed by atoms with E-state index in [1.807, 2.05) is 30.3 Å². The van der Waals surface area contributed by atoms with Gasteiger partial charge in [0, 0.05) is 10.5 Å². The molecule has 0 spiro atoms. The fourth-order valence-corrected chi connectivity index (χ4v) is 2.14. The summed E-state index contributed by atoms with van der Waals surface area (Å²) < 4.78 is 0.0968. The standard InChI is InChI=1S/C14H18OS/c1-5-14(15,11-16-13(2,3)4)12-9-7-6-8-10-12/h1,6-10,15H,11H2,2-4H3. The number of hydrogen-bond donors (Lipinski definition) is 1. The van der Waals surface area contributed by atoms with Crippen molar-refractivity contribution in [2.45, 2.75) is 31.1 Å². The molecule has 0 aliphatic carbocycles. The average molecular weight is 234 g/mol. The number of hydrogen-bond acceptors (Lipinski definition) is 2. The van der Waals surface area contributed by atoms with Gasteiger partial charge in [0.2, 0.25) is 0 Å². The lowest BCUT2D eigenvalue weighted by Gasteiger charge is -2.27. The third kappa shape index (κ3) is 3.59. The van der Waals surface area contributed by atoms with Gasteiger partial charge in [-0.3, -0.25) is 0 Å². The third-order valence-electron chi connectivity index (χ3n) is 2.20. The second-order valence-electron chi connectivity index (χ2n) is 4.77. The SMILES string of the molecule is C#CC(O)(CSC(C)(C)C)c1ccccc1. The summed E-state index contributed by atoms with van der Waals surface area (Å²) in [4.78, 5) is 0. The Labute approximate surface area is 102 Å². The minimum Gasteiger partial charge on any atom is -0.372 e. The van der Waals surface area contributed by atoms with Crippen LogP contribution in [0.5, 0.6) is 0 Å². The monoisotopic (exact) mass is 234 g/mol. The number of aliphatic hydroxyl groups is 1. The lowest BCUT2D eigenvalue weighted by Crippen LogP contribution is -2.28. The van der Waals surface area contributed by atoms with E-state index in [9.17, 15) is 5.11 Å². The van der Waals surface area contributed by atoms with Crippen LogP contribution in [0.15, 0.2) is 30.3 Å². The first kappa shape index (κ1) is 13.2. The van der Waals surface area contributed by atoms with Gasteiger partial charge >= 0.3 is 0 Å². The summed E-state index contributed by atoms with van der Waals surface area (Å²) in [6.45, 7) is 6.33. The second-order valence-corrected chi connectivity index (χ2v) is 6.57. The van der Waals surface area contributed by atoms with Gasteiger partial charge in [-0.15, -0.1) is 6.42 Å². The molecular formula is C14H18OS. The molecule has 1 atom stereocenters. The van der Waals surface area contributed by atoms with Crippen molar-refractivity contribution in [3.8, 4) is 12.3 Å². The van der Waals surface area contributed by atoms with Gasteiger partial charge in [0.05, 0.1) is 0 Å². The summed E-state index contributed by atoms with van der Waals surface area (Å²) in [5, 5.41) is 10.4. The van der Waals surface area contributed by atoms with Crippen LogP contribution in [0.3, 0.4) is 0 Å². The van der Waals surface area contributed by atoms with Gasteiger partial charge in [0.15, 0.2) is 5.60 Å². The highest BCUT2D eigenvalue weighted by molar-refractivity contribution is 8.00. The van der Waals surface area contributed by atoms with Gasteiger partial charge in [-0.1, -0.05) is 57.0 Å². The van der Waals surface area contributed by atoms with E-state index in [0.29, 0.717) is 5.75 Å². The van der Waals surface area contributed by atoms with Gasteiger partial charge in [0.25, 0.3) is 0 Å². The van der Waals surface area contributed by atoms with Gasteiger partial charge in [-0.25, -0.2) is 0 Å². The molecule has 0 aliphatic heterocycles. The Morgan fingerprint density at radius 1 is 1.25 bits per heavy atom. The Kier molecular flexibility index (Phi) is 4.07. The molecule has 1 aromatic rings. The van der Waals surface area contributed by atoms with E-state index in [0.717, 1.165) is 5.56 Å². The Hall–Kier alpha value is -0.910. The molecule has 0 fully saturated rings. The van der Waals surface area contributed by atoms with Gasteiger partial charge in [-0.05, 0) is 5.56 Å². The van der Waals surface area contributed by atoms with E-state index in [1.54, 1.807) is 11.8 Å². The Balaban J connectivity index is 2.84. The molecule has 0 bridgehead atoms. The van der Waals surface area contributed by atoms with Crippen LogP contribution < -0.4 is 0 Å². The van der Waals surface area contributed by atoms with Crippen molar-refractivity contribution in [2.24, 2.45) is 0 Å². The van der Waals surface area contributed by atoms with Gasteiger partial charge < -0.3 is 5.11 Å². The summed E-state index contributed by atoms with van der Waals surface area (Å²) in [6.07, 6.45) is 5.46. The summed E-state index contributed by atoms with van der Waals surface area (Å²) in [5.74, 6) is 3.01. The maximum Gasteiger partial charge on any atom is 0.159 e. The van der Waals surface area contributed by atoms with Crippen LogP contribution in [-0.4, -0.2) is 15.6 Å². The summed E-state index contributed by atoms with van der Waals surface area (Å²) in [5.41, 5.74) is -0.381. The Morgan fingerprint density at radius 3 is 2.25 bits per heavy atom. The Bertz CT molecular complexity index is 372. The minimum absolute atomic E-state index is 0.0968. The lowest BCUT2D eigenvalue weighted by atomic mass is 9.97. The molecule has 0 radical (unpaired) electrons. The summed E-state index contributed by atoms with van der Waals surface area (Å²) >= 11 is 1.67. The minimum atomic E-state index is -1.17. The summed E-state index contributed by atoms with van der Waals surface area (Å²) in [6, 6.07) is 9.42. The molecule has 0 amide bonds. The van der Waals surface area contributed by atoms with E-state index in [1.165, 1.54) is 0 Å². The zero-order valence-corrected chi connectivity index (χ0v) is 10.8. The topological polar surface area (TPSA) is 20.2 Å². The quantitative estimate of drug-likeness (QED) is 0.811. The number of benzene rings is 1. The fraction of sp³-hybridized carbons (Fsp3) is 0.429. The predicted octanol–water partition coefficient (Wildman–Crippen LogP) is 3.04. The smallest absolute Gasteiger partial charge is 0.159 e. The maximum atomic E-state index is 10.4. The van der Waals surface area contributed by atoms with E-state index in [-0.39, 0.29) is 4.75 Å².